The van der Waals surface area contributed by atoms with Crippen molar-refractivity contribution in [1.82, 2.24) is 0 Å². The van der Waals surface area contributed by atoms with Gasteiger partial charge in [0.15, 0.2) is 0 Å². The molecular weight excluding hydrogens is 419 g/mol. The Morgan fingerprint density at radius 3 is 2.13 bits per heavy atom. The van der Waals surface area contributed by atoms with E-state index in [1.807, 2.05) is 32.0 Å². The molecular formula is C20H27N2NaO6S. The van der Waals surface area contributed by atoms with E-state index >= 15 is 0 Å². The molecule has 0 aromatic heterocycles. The van der Waals surface area contributed by atoms with Crippen LogP contribution in [-0.4, -0.2) is 36.0 Å². The Hall–Kier alpha value is -1.49. The molecule has 0 bridgehead atoms. The van der Waals surface area contributed by atoms with Gasteiger partial charge < -0.3 is 21.1 Å². The van der Waals surface area contributed by atoms with E-state index in [4.69, 9.17) is 16.6 Å². The Morgan fingerprint density at radius 2 is 1.70 bits per heavy atom. The third-order valence-electron chi connectivity index (χ3n) is 4.47. The average molecular weight is 447 g/mol. The molecule has 0 saturated heterocycles. The number of aryl methyl sites for hydroxylation is 2. The van der Waals surface area contributed by atoms with Gasteiger partial charge in [-0.25, -0.2) is 8.42 Å². The first kappa shape index (κ1) is 28.5. The third-order valence-corrected chi connectivity index (χ3v) is 5.33. The number of hydrogen-bond donors (Lipinski definition) is 3. The number of nitrogens with two attached hydrogens (primary N) is 2. The molecule has 5 N–H and O–H groups in total. The maximum Gasteiger partial charge on any atom is 1.00 e. The number of primary amides is 1. The van der Waals surface area contributed by atoms with Crippen LogP contribution in [0.4, 0.5) is 0 Å². The van der Waals surface area contributed by atoms with Crippen molar-refractivity contribution in [2.24, 2.45) is 11.5 Å². The van der Waals surface area contributed by atoms with E-state index in [0.717, 1.165) is 22.3 Å². The minimum Gasteiger partial charge on any atom is -0.744 e. The van der Waals surface area contributed by atoms with Crippen molar-refractivity contribution in [3.05, 3.63) is 41.0 Å². The van der Waals surface area contributed by atoms with Crippen molar-refractivity contribution in [3.63, 3.8) is 0 Å². The van der Waals surface area contributed by atoms with Gasteiger partial charge in [0.2, 0.25) is 5.91 Å². The number of carboxylic acids is 1. The zero-order valence-corrected chi connectivity index (χ0v) is 20.7. The zero-order valence-electron chi connectivity index (χ0n) is 17.9. The molecule has 0 aromatic carbocycles. The Labute approximate surface area is 199 Å². The maximum atomic E-state index is 11.4. The van der Waals surface area contributed by atoms with Gasteiger partial charge >= 0.3 is 35.5 Å². The number of fused-ring (bicyclic) bond motifs is 1. The van der Waals surface area contributed by atoms with E-state index in [-0.39, 0.29) is 47.3 Å². The molecule has 1 amide bonds. The van der Waals surface area contributed by atoms with Crippen LogP contribution in [-0.2, 0) is 19.7 Å². The number of amides is 1. The number of carbonyl (C=O) groups excluding carboxylic acids is 1. The largest absolute Gasteiger partial charge is 1.00 e. The van der Waals surface area contributed by atoms with E-state index in [1.165, 1.54) is 6.07 Å². The summed E-state index contributed by atoms with van der Waals surface area (Å²) in [5.41, 5.74) is 14.0. The van der Waals surface area contributed by atoms with Gasteiger partial charge in [0.25, 0.3) is 0 Å². The Kier molecular flexibility index (Phi) is 11.2. The minimum atomic E-state index is -4.44. The summed E-state index contributed by atoms with van der Waals surface area (Å²) in [4.78, 5) is 20.0. The monoisotopic (exact) mass is 446 g/mol. The van der Waals surface area contributed by atoms with Crippen LogP contribution in [0.3, 0.4) is 0 Å². The van der Waals surface area contributed by atoms with Gasteiger partial charge in [-0.05, 0) is 54.5 Å². The summed E-state index contributed by atoms with van der Waals surface area (Å²) in [6.45, 7) is 7.83. The van der Waals surface area contributed by atoms with Crippen molar-refractivity contribution >= 4 is 22.0 Å². The third kappa shape index (κ3) is 7.98. The van der Waals surface area contributed by atoms with Gasteiger partial charge in [0.05, 0.1) is 4.90 Å². The maximum absolute atomic E-state index is 11.4. The first-order valence-corrected chi connectivity index (χ1v) is 10.4. The fraction of sp³-hybridized carbons (Fsp3) is 0.400. The fourth-order valence-corrected chi connectivity index (χ4v) is 3.61. The van der Waals surface area contributed by atoms with Gasteiger partial charge in [-0.3, -0.25) is 9.59 Å². The molecule has 8 nitrogen and oxygen atoms in total. The van der Waals surface area contributed by atoms with Crippen LogP contribution < -0.4 is 41.0 Å². The first-order valence-electron chi connectivity index (χ1n) is 9.02. The second kappa shape index (κ2) is 11.8. The van der Waals surface area contributed by atoms with Gasteiger partial charge in [0.1, 0.15) is 16.2 Å². The molecule has 2 rings (SSSR count). The van der Waals surface area contributed by atoms with Crippen LogP contribution in [0.25, 0.3) is 11.1 Å². The molecule has 0 saturated carbocycles. The molecule has 0 spiro atoms. The van der Waals surface area contributed by atoms with E-state index in [1.54, 1.807) is 0 Å². The molecule has 0 unspecified atom stereocenters. The van der Waals surface area contributed by atoms with Crippen molar-refractivity contribution in [2.45, 2.75) is 57.4 Å². The Bertz CT molecular complexity index is 976. The zero-order chi connectivity index (χ0) is 22.5. The summed E-state index contributed by atoms with van der Waals surface area (Å²) in [5, 5.41) is 8.22. The van der Waals surface area contributed by atoms with Crippen LogP contribution in [0.1, 0.15) is 49.3 Å². The van der Waals surface area contributed by atoms with Gasteiger partial charge in [-0.1, -0.05) is 32.0 Å². The van der Waals surface area contributed by atoms with Crippen LogP contribution in [0, 0.1) is 13.8 Å². The number of carboxylic acid groups (broad SMARTS) is 1. The SMILES string of the molecule is Cc1cc(S(=O)(=O)[O-])c2c(C)ccc(C(C)C)cc1-2.NC(=O)CC[C@H](N)C(=O)O.[Na+]. The van der Waals surface area contributed by atoms with E-state index in [9.17, 15) is 22.6 Å². The predicted molar refractivity (Wildman–Crippen MR) is 109 cm³/mol. The van der Waals surface area contributed by atoms with Crippen molar-refractivity contribution in [1.29, 1.82) is 0 Å². The summed E-state index contributed by atoms with van der Waals surface area (Å²) < 4.78 is 34.1. The van der Waals surface area contributed by atoms with Crippen LogP contribution in [0.5, 0.6) is 0 Å². The quantitative estimate of drug-likeness (QED) is 0.382. The summed E-state index contributed by atoms with van der Waals surface area (Å²) >= 11 is 0. The second-order valence-corrected chi connectivity index (χ2v) is 8.55. The standard InChI is InChI=1S/C15H18O3S.C5H10N2O3.Na/c1-9(2)12-6-5-10(3)15-13(8-12)11(4)7-14(15)19(16,17)18;6-3(5(9)10)1-2-4(7)8;/h5-9H,1-4H3,(H,16,17,18);3H,1-2,6H2,(H2,7,8)(H,9,10);/q;;+1/p-1/t;3-;/m.0./s1. The molecule has 10 heteroatoms. The number of rotatable bonds is 6. The fourth-order valence-electron chi connectivity index (χ4n) is 2.77. The molecule has 2 aliphatic rings. The van der Waals surface area contributed by atoms with Crippen molar-refractivity contribution in [2.75, 3.05) is 0 Å². The van der Waals surface area contributed by atoms with Crippen molar-refractivity contribution in [3.8, 4) is 11.1 Å². The summed E-state index contributed by atoms with van der Waals surface area (Å²) in [7, 11) is -4.44. The van der Waals surface area contributed by atoms with Crippen LogP contribution >= 0.6 is 0 Å². The molecule has 0 fully saturated rings. The van der Waals surface area contributed by atoms with E-state index in [2.05, 4.69) is 13.8 Å². The normalized spacial score (nSPS) is 12.0. The molecule has 0 radical (unpaired) electrons. The van der Waals surface area contributed by atoms with Gasteiger partial charge in [-0.15, -0.1) is 0 Å². The number of hydrogen-bond acceptors (Lipinski definition) is 6. The Balaban J connectivity index is 0.000000658. The predicted octanol–water partition coefficient (Wildman–Crippen LogP) is -0.896. The molecule has 1 atom stereocenters. The topological polar surface area (TPSA) is 164 Å². The second-order valence-electron chi connectivity index (χ2n) is 7.20. The smallest absolute Gasteiger partial charge is 0.744 e. The molecule has 0 aromatic rings. The summed E-state index contributed by atoms with van der Waals surface area (Å²) in [5.74, 6) is -1.30. The molecule has 2 aliphatic carbocycles. The van der Waals surface area contributed by atoms with Crippen molar-refractivity contribution < 1.29 is 57.2 Å². The van der Waals surface area contributed by atoms with Crippen LogP contribution in [0.2, 0.25) is 0 Å². The summed E-state index contributed by atoms with van der Waals surface area (Å²) in [6, 6.07) is 6.35. The van der Waals surface area contributed by atoms with Crippen LogP contribution in [0.15, 0.2) is 29.2 Å². The Morgan fingerprint density at radius 1 is 1.13 bits per heavy atom. The molecule has 160 valence electrons. The molecule has 30 heavy (non-hydrogen) atoms. The molecule has 0 heterocycles. The van der Waals surface area contributed by atoms with Gasteiger partial charge in [0, 0.05) is 12.0 Å². The van der Waals surface area contributed by atoms with E-state index < -0.39 is 28.0 Å². The van der Waals surface area contributed by atoms with Gasteiger partial charge in [-0.2, -0.15) is 0 Å². The summed E-state index contributed by atoms with van der Waals surface area (Å²) in [6.07, 6.45) is 0.123. The first-order chi connectivity index (χ1) is 13.3. The number of carbonyl (C=O) groups is 2. The molecule has 0 aliphatic heterocycles. The minimum absolute atomic E-state index is 0. The average Bonchev–Trinajstić information content (AvgIpc) is 2.82. The van der Waals surface area contributed by atoms with E-state index in [0.29, 0.717) is 11.5 Å². The number of aliphatic carboxylic acids is 1.